The van der Waals surface area contributed by atoms with E-state index in [0.29, 0.717) is 19.0 Å². The number of likely N-dealkylation sites (tertiary alicyclic amines) is 1. The van der Waals surface area contributed by atoms with Gasteiger partial charge in [-0.3, -0.25) is 0 Å². The highest BCUT2D eigenvalue weighted by molar-refractivity contribution is 6.03. The molecule has 0 spiro atoms. The molecule has 124 valence electrons. The molecule has 0 aromatic carbocycles. The molecule has 3 heterocycles. The third kappa shape index (κ3) is 3.23. The first-order valence-electron chi connectivity index (χ1n) is 7.59. The van der Waals surface area contributed by atoms with Crippen LogP contribution in [0.5, 0.6) is 5.88 Å². The molecule has 1 aromatic heterocycles. The molecule has 1 amide bonds. The second-order valence-corrected chi connectivity index (χ2v) is 6.70. The number of fused-ring (bicyclic) bond motifs is 1. The van der Waals surface area contributed by atoms with Crippen LogP contribution in [0, 0.1) is 5.92 Å². The number of oxime groups is 1. The summed E-state index contributed by atoms with van der Waals surface area (Å²) in [7, 11) is 1.57. The zero-order valence-corrected chi connectivity index (χ0v) is 13.8. The van der Waals surface area contributed by atoms with E-state index in [4.69, 9.17) is 14.3 Å². The number of carbonyl (C=O) groups excluding carboxylic acids is 1. The van der Waals surface area contributed by atoms with Gasteiger partial charge in [-0.1, -0.05) is 5.16 Å². The van der Waals surface area contributed by atoms with E-state index < -0.39 is 5.60 Å². The normalized spacial score (nSPS) is 23.1. The van der Waals surface area contributed by atoms with Gasteiger partial charge in [-0.15, -0.1) is 0 Å². The molecule has 2 aliphatic heterocycles. The van der Waals surface area contributed by atoms with Crippen molar-refractivity contribution in [2.45, 2.75) is 32.5 Å². The molecule has 0 unspecified atom stereocenters. The Morgan fingerprint density at radius 3 is 2.74 bits per heavy atom. The van der Waals surface area contributed by atoms with Gasteiger partial charge in [0.25, 0.3) is 0 Å². The zero-order valence-electron chi connectivity index (χ0n) is 13.8. The summed E-state index contributed by atoms with van der Waals surface area (Å²) in [6.45, 7) is 6.58. The van der Waals surface area contributed by atoms with E-state index in [1.807, 2.05) is 26.8 Å². The Bertz CT molecular complexity index is 621. The highest BCUT2D eigenvalue weighted by Crippen LogP contribution is 2.31. The van der Waals surface area contributed by atoms with E-state index in [1.54, 1.807) is 24.3 Å². The molecule has 0 aliphatic carbocycles. The Labute approximate surface area is 135 Å². The molecular weight excluding hydrogens is 298 g/mol. The Kier molecular flexibility index (Phi) is 3.87. The van der Waals surface area contributed by atoms with E-state index in [-0.39, 0.29) is 18.1 Å². The number of amides is 1. The lowest BCUT2D eigenvalue weighted by molar-refractivity contribution is 0.0228. The van der Waals surface area contributed by atoms with Crippen molar-refractivity contribution < 1.29 is 19.1 Å². The van der Waals surface area contributed by atoms with Crippen LogP contribution in [0.4, 0.5) is 4.79 Å². The minimum Gasteiger partial charge on any atom is -0.481 e. The molecule has 1 saturated heterocycles. The van der Waals surface area contributed by atoms with Crippen molar-refractivity contribution in [2.75, 3.05) is 20.2 Å². The molecule has 2 atom stereocenters. The third-order valence-corrected chi connectivity index (χ3v) is 3.80. The van der Waals surface area contributed by atoms with E-state index in [1.165, 1.54) is 0 Å². The zero-order chi connectivity index (χ0) is 16.6. The lowest BCUT2D eigenvalue weighted by Gasteiger charge is -2.24. The third-order valence-electron chi connectivity index (χ3n) is 3.80. The number of hydrogen-bond acceptors (Lipinski definition) is 6. The van der Waals surface area contributed by atoms with Crippen LogP contribution in [0.1, 0.15) is 26.3 Å². The van der Waals surface area contributed by atoms with Gasteiger partial charge in [0, 0.05) is 24.4 Å². The first-order valence-corrected chi connectivity index (χ1v) is 7.59. The minimum absolute atomic E-state index is 0.0395. The van der Waals surface area contributed by atoms with Crippen LogP contribution < -0.4 is 4.74 Å². The van der Waals surface area contributed by atoms with E-state index in [0.717, 1.165) is 11.3 Å². The Morgan fingerprint density at radius 1 is 1.35 bits per heavy atom. The van der Waals surface area contributed by atoms with Gasteiger partial charge in [0.15, 0.2) is 6.10 Å². The quantitative estimate of drug-likeness (QED) is 0.834. The highest BCUT2D eigenvalue weighted by Gasteiger charge is 2.45. The van der Waals surface area contributed by atoms with Crippen molar-refractivity contribution in [2.24, 2.45) is 11.1 Å². The summed E-state index contributed by atoms with van der Waals surface area (Å²) in [5.74, 6) is 0.587. The lowest BCUT2D eigenvalue weighted by atomic mass is 9.96. The van der Waals surface area contributed by atoms with Crippen LogP contribution in [0.15, 0.2) is 23.5 Å². The van der Waals surface area contributed by atoms with Gasteiger partial charge in [0.1, 0.15) is 5.60 Å². The van der Waals surface area contributed by atoms with Crippen LogP contribution in [0.3, 0.4) is 0 Å². The second-order valence-electron chi connectivity index (χ2n) is 6.70. The fourth-order valence-corrected chi connectivity index (χ4v) is 2.73. The van der Waals surface area contributed by atoms with Gasteiger partial charge in [-0.25, -0.2) is 9.78 Å². The molecule has 1 fully saturated rings. The summed E-state index contributed by atoms with van der Waals surface area (Å²) in [5, 5.41) is 4.17. The number of pyridine rings is 1. The maximum absolute atomic E-state index is 12.2. The van der Waals surface area contributed by atoms with Crippen molar-refractivity contribution in [3.63, 3.8) is 0 Å². The van der Waals surface area contributed by atoms with Crippen molar-refractivity contribution in [1.29, 1.82) is 0 Å². The summed E-state index contributed by atoms with van der Waals surface area (Å²) in [6, 6.07) is 3.68. The smallest absolute Gasteiger partial charge is 0.410 e. The molecule has 3 rings (SSSR count). The number of carbonyl (C=O) groups is 1. The number of methoxy groups -OCH3 is 1. The highest BCUT2D eigenvalue weighted by atomic mass is 16.6. The van der Waals surface area contributed by atoms with Crippen LogP contribution in [-0.2, 0) is 9.57 Å². The summed E-state index contributed by atoms with van der Waals surface area (Å²) in [6.07, 6.45) is 1.27. The van der Waals surface area contributed by atoms with Gasteiger partial charge in [0.2, 0.25) is 5.88 Å². The van der Waals surface area contributed by atoms with Crippen molar-refractivity contribution in [1.82, 2.24) is 9.88 Å². The number of nitrogens with zero attached hydrogens (tertiary/aromatic N) is 3. The Morgan fingerprint density at radius 2 is 2.13 bits per heavy atom. The first-order chi connectivity index (χ1) is 10.9. The molecule has 0 bridgehead atoms. The van der Waals surface area contributed by atoms with Gasteiger partial charge >= 0.3 is 6.09 Å². The lowest BCUT2D eigenvalue weighted by Crippen LogP contribution is -2.36. The molecule has 0 N–H and O–H groups in total. The molecule has 7 nitrogen and oxygen atoms in total. The molecule has 1 aromatic rings. The van der Waals surface area contributed by atoms with E-state index >= 15 is 0 Å². The molecule has 7 heteroatoms. The van der Waals surface area contributed by atoms with Crippen molar-refractivity contribution in [3.05, 3.63) is 23.9 Å². The molecule has 23 heavy (non-hydrogen) atoms. The topological polar surface area (TPSA) is 73.2 Å². The van der Waals surface area contributed by atoms with Gasteiger partial charge < -0.3 is 19.2 Å². The summed E-state index contributed by atoms with van der Waals surface area (Å²) in [5.41, 5.74) is 1.19. The maximum atomic E-state index is 12.2. The molecule has 0 saturated carbocycles. The van der Waals surface area contributed by atoms with Gasteiger partial charge in [-0.05, 0) is 26.8 Å². The SMILES string of the molecule is COc1ccc(C2=NO[C@@H]3CN(C(=O)OC(C)(C)C)C[C@H]23)cn1. The Hall–Kier alpha value is -2.31. The average molecular weight is 319 g/mol. The fraction of sp³-hybridized carbons (Fsp3) is 0.562. The van der Waals surface area contributed by atoms with Gasteiger partial charge in [0.05, 0.1) is 25.3 Å². The second kappa shape index (κ2) is 5.72. The maximum Gasteiger partial charge on any atom is 0.410 e. The molecular formula is C16H21N3O4. The van der Waals surface area contributed by atoms with Crippen LogP contribution in [0.25, 0.3) is 0 Å². The predicted octanol–water partition coefficient (Wildman–Crippen LogP) is 2.06. The minimum atomic E-state index is -0.507. The number of hydrogen-bond donors (Lipinski definition) is 0. The number of rotatable bonds is 2. The summed E-state index contributed by atoms with van der Waals surface area (Å²) in [4.78, 5) is 23.6. The van der Waals surface area contributed by atoms with E-state index in [9.17, 15) is 4.79 Å². The van der Waals surface area contributed by atoms with Crippen molar-refractivity contribution >= 4 is 11.8 Å². The number of aromatic nitrogens is 1. The average Bonchev–Trinajstić information content (AvgIpc) is 3.05. The first kappa shape index (κ1) is 15.6. The standard InChI is InChI=1S/C16H21N3O4/c1-16(2,3)22-15(20)19-8-11-12(9-19)23-18-14(11)10-5-6-13(21-4)17-7-10/h5-7,11-12H,8-9H2,1-4H3/t11-,12+/m0/s1. The van der Waals surface area contributed by atoms with Crippen LogP contribution >= 0.6 is 0 Å². The largest absolute Gasteiger partial charge is 0.481 e. The predicted molar refractivity (Wildman–Crippen MR) is 83.5 cm³/mol. The van der Waals surface area contributed by atoms with E-state index in [2.05, 4.69) is 10.1 Å². The monoisotopic (exact) mass is 319 g/mol. The number of ether oxygens (including phenoxy) is 2. The Balaban J connectivity index is 1.70. The van der Waals surface area contributed by atoms with Gasteiger partial charge in [-0.2, -0.15) is 0 Å². The van der Waals surface area contributed by atoms with Crippen molar-refractivity contribution in [3.8, 4) is 5.88 Å². The summed E-state index contributed by atoms with van der Waals surface area (Å²) < 4.78 is 10.5. The fourth-order valence-electron chi connectivity index (χ4n) is 2.73. The van der Waals surface area contributed by atoms with Crippen LogP contribution in [0.2, 0.25) is 0 Å². The molecule has 0 radical (unpaired) electrons. The van der Waals surface area contributed by atoms with Crippen LogP contribution in [-0.4, -0.2) is 53.6 Å². The summed E-state index contributed by atoms with van der Waals surface area (Å²) >= 11 is 0. The molecule has 2 aliphatic rings.